The Balaban J connectivity index is 2.20. The molecule has 0 aliphatic carbocycles. The number of amides is 1. The molecule has 0 saturated carbocycles. The van der Waals surface area contributed by atoms with Gasteiger partial charge >= 0.3 is 0 Å². The number of anilines is 1. The van der Waals surface area contributed by atoms with Crippen LogP contribution in [0.25, 0.3) is 0 Å². The molecule has 1 heterocycles. The van der Waals surface area contributed by atoms with Gasteiger partial charge < -0.3 is 15.4 Å². The fraction of sp³-hybridized carbons (Fsp3) is 0.533. The number of nitrogens with zero attached hydrogens (tertiary/aromatic N) is 1. The molecule has 2 rings (SSSR count). The molecule has 0 radical (unpaired) electrons. The highest BCUT2D eigenvalue weighted by atomic mass is 16.5. The highest BCUT2D eigenvalue weighted by Crippen LogP contribution is 2.27. The molecule has 1 saturated heterocycles. The van der Waals surface area contributed by atoms with Crippen molar-refractivity contribution in [3.8, 4) is 5.75 Å². The van der Waals surface area contributed by atoms with E-state index in [1.807, 2.05) is 4.90 Å². The molecule has 0 spiro atoms. The molecular weight excluding hydrogens is 240 g/mol. The molecule has 1 fully saturated rings. The minimum Gasteiger partial charge on any atom is -0.496 e. The lowest BCUT2D eigenvalue weighted by Gasteiger charge is -2.35. The zero-order chi connectivity index (χ0) is 14.0. The van der Waals surface area contributed by atoms with Crippen molar-refractivity contribution in [1.82, 2.24) is 4.90 Å². The van der Waals surface area contributed by atoms with Gasteiger partial charge in [0.05, 0.1) is 12.7 Å². The number of hydrogen-bond donors (Lipinski definition) is 1. The van der Waals surface area contributed by atoms with E-state index in [-0.39, 0.29) is 5.91 Å². The lowest BCUT2D eigenvalue weighted by Crippen LogP contribution is -2.42. The third-order valence-electron chi connectivity index (χ3n) is 4.08. The molecule has 1 aliphatic heterocycles. The summed E-state index contributed by atoms with van der Waals surface area (Å²) in [6.07, 6.45) is 1.06. The van der Waals surface area contributed by atoms with Gasteiger partial charge in [0.15, 0.2) is 0 Å². The van der Waals surface area contributed by atoms with Crippen LogP contribution in [0.3, 0.4) is 0 Å². The maximum absolute atomic E-state index is 12.5. The molecule has 4 nitrogen and oxygen atoms in total. The molecule has 4 heteroatoms. The summed E-state index contributed by atoms with van der Waals surface area (Å²) in [6, 6.07) is 5.19. The molecular formula is C15H22N2O2. The summed E-state index contributed by atoms with van der Waals surface area (Å²) in [4.78, 5) is 14.5. The van der Waals surface area contributed by atoms with E-state index in [0.717, 1.165) is 19.5 Å². The first-order valence-corrected chi connectivity index (χ1v) is 6.75. The van der Waals surface area contributed by atoms with Crippen molar-refractivity contribution < 1.29 is 9.53 Å². The average molecular weight is 262 g/mol. The molecule has 1 aromatic rings. The van der Waals surface area contributed by atoms with Crippen LogP contribution >= 0.6 is 0 Å². The number of hydrogen-bond acceptors (Lipinski definition) is 3. The van der Waals surface area contributed by atoms with E-state index in [2.05, 4.69) is 13.8 Å². The molecule has 1 aromatic carbocycles. The Bertz CT molecular complexity index is 473. The molecule has 2 unspecified atom stereocenters. The van der Waals surface area contributed by atoms with Crippen LogP contribution in [0.15, 0.2) is 18.2 Å². The largest absolute Gasteiger partial charge is 0.496 e. The van der Waals surface area contributed by atoms with Crippen molar-refractivity contribution in [2.24, 2.45) is 11.8 Å². The standard InChI is InChI=1S/C15H22N2O2/c1-10-6-7-17(9-11(10)2)15(18)13-5-4-12(16)8-14(13)19-3/h4-5,8,10-11H,6-7,9,16H2,1-3H3. The van der Waals surface area contributed by atoms with E-state index in [4.69, 9.17) is 10.5 Å². The van der Waals surface area contributed by atoms with Crippen molar-refractivity contribution in [2.45, 2.75) is 20.3 Å². The predicted octanol–water partition coefficient (Wildman–Crippen LogP) is 2.40. The van der Waals surface area contributed by atoms with Crippen LogP contribution in [0.1, 0.15) is 30.6 Å². The fourth-order valence-corrected chi connectivity index (χ4v) is 2.50. The summed E-state index contributed by atoms with van der Waals surface area (Å²) >= 11 is 0. The Hall–Kier alpha value is -1.71. The fourth-order valence-electron chi connectivity index (χ4n) is 2.50. The minimum atomic E-state index is 0.0376. The van der Waals surface area contributed by atoms with E-state index in [1.165, 1.54) is 0 Å². The van der Waals surface area contributed by atoms with Gasteiger partial charge in [-0.15, -0.1) is 0 Å². The SMILES string of the molecule is COc1cc(N)ccc1C(=O)N1CCC(C)C(C)C1. The van der Waals surface area contributed by atoms with E-state index < -0.39 is 0 Å². The van der Waals surface area contributed by atoms with E-state index in [0.29, 0.717) is 28.8 Å². The van der Waals surface area contributed by atoms with Crippen molar-refractivity contribution in [1.29, 1.82) is 0 Å². The van der Waals surface area contributed by atoms with Crippen molar-refractivity contribution >= 4 is 11.6 Å². The number of methoxy groups -OCH3 is 1. The number of benzene rings is 1. The summed E-state index contributed by atoms with van der Waals surface area (Å²) in [5.74, 6) is 1.81. The molecule has 2 atom stereocenters. The minimum absolute atomic E-state index is 0.0376. The van der Waals surface area contributed by atoms with Crippen LogP contribution in [0.4, 0.5) is 5.69 Å². The lowest BCUT2D eigenvalue weighted by molar-refractivity contribution is 0.0624. The van der Waals surface area contributed by atoms with Crippen LogP contribution in [0.5, 0.6) is 5.75 Å². The number of nitrogen functional groups attached to an aromatic ring is 1. The Morgan fingerprint density at radius 3 is 2.74 bits per heavy atom. The Morgan fingerprint density at radius 2 is 2.11 bits per heavy atom. The van der Waals surface area contributed by atoms with Crippen LogP contribution in [0, 0.1) is 11.8 Å². The summed E-state index contributed by atoms with van der Waals surface area (Å²) in [6.45, 7) is 6.08. The molecule has 1 aliphatic rings. The lowest BCUT2D eigenvalue weighted by atomic mass is 9.88. The number of carbonyl (C=O) groups is 1. The summed E-state index contributed by atoms with van der Waals surface area (Å²) in [5, 5.41) is 0. The van der Waals surface area contributed by atoms with Crippen molar-refractivity contribution in [2.75, 3.05) is 25.9 Å². The monoisotopic (exact) mass is 262 g/mol. The Labute approximate surface area is 114 Å². The third-order valence-corrected chi connectivity index (χ3v) is 4.08. The number of likely N-dealkylation sites (tertiary alicyclic amines) is 1. The van der Waals surface area contributed by atoms with Gasteiger partial charge in [-0.05, 0) is 30.4 Å². The number of piperidine rings is 1. The summed E-state index contributed by atoms with van der Waals surface area (Å²) in [7, 11) is 1.56. The first-order chi connectivity index (χ1) is 9.02. The second-order valence-electron chi connectivity index (χ2n) is 5.45. The van der Waals surface area contributed by atoms with Crippen LogP contribution in [-0.2, 0) is 0 Å². The van der Waals surface area contributed by atoms with E-state index >= 15 is 0 Å². The second-order valence-corrected chi connectivity index (χ2v) is 5.45. The first kappa shape index (κ1) is 13.7. The Kier molecular flexibility index (Phi) is 3.98. The van der Waals surface area contributed by atoms with Crippen LogP contribution in [0.2, 0.25) is 0 Å². The molecule has 104 valence electrons. The quantitative estimate of drug-likeness (QED) is 0.833. The van der Waals surface area contributed by atoms with Gasteiger partial charge in [0.1, 0.15) is 5.75 Å². The van der Waals surface area contributed by atoms with E-state index in [1.54, 1.807) is 25.3 Å². The number of ether oxygens (including phenoxy) is 1. The second kappa shape index (κ2) is 5.51. The highest BCUT2D eigenvalue weighted by Gasteiger charge is 2.27. The number of rotatable bonds is 2. The predicted molar refractivity (Wildman–Crippen MR) is 76.3 cm³/mol. The van der Waals surface area contributed by atoms with Crippen LogP contribution in [-0.4, -0.2) is 31.0 Å². The topological polar surface area (TPSA) is 55.6 Å². The summed E-state index contributed by atoms with van der Waals surface area (Å²) in [5.41, 5.74) is 6.92. The molecule has 1 amide bonds. The molecule has 19 heavy (non-hydrogen) atoms. The van der Waals surface area contributed by atoms with Gasteiger partial charge in [0, 0.05) is 24.8 Å². The van der Waals surface area contributed by atoms with E-state index in [9.17, 15) is 4.79 Å². The smallest absolute Gasteiger partial charge is 0.257 e. The summed E-state index contributed by atoms with van der Waals surface area (Å²) < 4.78 is 5.26. The van der Waals surface area contributed by atoms with Gasteiger partial charge in [-0.25, -0.2) is 0 Å². The molecule has 2 N–H and O–H groups in total. The van der Waals surface area contributed by atoms with Gasteiger partial charge in [-0.2, -0.15) is 0 Å². The number of carbonyl (C=O) groups excluding carboxylic acids is 1. The Morgan fingerprint density at radius 1 is 1.37 bits per heavy atom. The maximum Gasteiger partial charge on any atom is 0.257 e. The van der Waals surface area contributed by atoms with Crippen molar-refractivity contribution in [3.63, 3.8) is 0 Å². The van der Waals surface area contributed by atoms with Crippen molar-refractivity contribution in [3.05, 3.63) is 23.8 Å². The first-order valence-electron chi connectivity index (χ1n) is 6.75. The maximum atomic E-state index is 12.5. The zero-order valence-electron chi connectivity index (χ0n) is 11.8. The van der Waals surface area contributed by atoms with Gasteiger partial charge in [0.25, 0.3) is 5.91 Å². The highest BCUT2D eigenvalue weighted by molar-refractivity contribution is 5.97. The van der Waals surface area contributed by atoms with Gasteiger partial charge in [0.2, 0.25) is 0 Å². The van der Waals surface area contributed by atoms with Crippen LogP contribution < -0.4 is 10.5 Å². The zero-order valence-corrected chi connectivity index (χ0v) is 11.8. The number of nitrogens with two attached hydrogens (primary N) is 1. The normalized spacial score (nSPS) is 23.2. The average Bonchev–Trinajstić information content (AvgIpc) is 2.41. The molecule has 0 aromatic heterocycles. The third kappa shape index (κ3) is 2.83. The van der Waals surface area contributed by atoms with Gasteiger partial charge in [-0.3, -0.25) is 4.79 Å². The molecule has 0 bridgehead atoms. The van der Waals surface area contributed by atoms with Gasteiger partial charge in [-0.1, -0.05) is 13.8 Å².